The van der Waals surface area contributed by atoms with Crippen LogP contribution in [0.4, 0.5) is 10.1 Å². The molecule has 0 unspecified atom stereocenters. The number of carbonyl (C=O) groups excluding carboxylic acids is 2. The van der Waals surface area contributed by atoms with Gasteiger partial charge in [0.1, 0.15) is 18.4 Å². The topological polar surface area (TPSA) is 86.8 Å². The molecule has 0 fully saturated rings. The second-order valence-electron chi connectivity index (χ2n) is 10.8. The minimum absolute atomic E-state index is 0.0147. The number of halogens is 2. The Hall–Kier alpha value is -4.21. The molecular weight excluding hydrogens is 601 g/mol. The molecule has 0 saturated heterocycles. The van der Waals surface area contributed by atoms with Gasteiger partial charge in [-0.25, -0.2) is 12.8 Å². The first-order valence-electron chi connectivity index (χ1n) is 14.2. The van der Waals surface area contributed by atoms with E-state index >= 15 is 0 Å². The fourth-order valence-electron chi connectivity index (χ4n) is 4.69. The molecular formula is C34H35ClFN3O4S. The van der Waals surface area contributed by atoms with Gasteiger partial charge in [0, 0.05) is 24.0 Å². The highest BCUT2D eigenvalue weighted by atomic mass is 35.5. The summed E-state index contributed by atoms with van der Waals surface area (Å²) in [6.45, 7) is 4.87. The number of aryl methyl sites for hydroxylation is 1. The molecule has 44 heavy (non-hydrogen) atoms. The van der Waals surface area contributed by atoms with Crippen molar-refractivity contribution in [1.29, 1.82) is 0 Å². The van der Waals surface area contributed by atoms with Crippen molar-refractivity contribution in [1.82, 2.24) is 10.2 Å². The summed E-state index contributed by atoms with van der Waals surface area (Å²) < 4.78 is 42.8. The highest BCUT2D eigenvalue weighted by molar-refractivity contribution is 7.92. The van der Waals surface area contributed by atoms with Gasteiger partial charge in [0.15, 0.2) is 0 Å². The molecule has 1 atom stereocenters. The molecule has 230 valence electrons. The summed E-state index contributed by atoms with van der Waals surface area (Å²) in [5.74, 6) is -1.54. The van der Waals surface area contributed by atoms with Crippen molar-refractivity contribution >= 4 is 39.1 Å². The smallest absolute Gasteiger partial charge is 0.264 e. The van der Waals surface area contributed by atoms with Crippen LogP contribution in [0, 0.1) is 12.7 Å². The summed E-state index contributed by atoms with van der Waals surface area (Å²) in [5, 5.41) is 3.43. The Kier molecular flexibility index (Phi) is 10.8. The summed E-state index contributed by atoms with van der Waals surface area (Å²) in [4.78, 5) is 29.4. The molecule has 0 aliphatic rings. The lowest BCUT2D eigenvalue weighted by atomic mass is 10.0. The summed E-state index contributed by atoms with van der Waals surface area (Å²) in [5.41, 5.74) is 2.50. The second kappa shape index (κ2) is 14.5. The van der Waals surface area contributed by atoms with E-state index in [1.54, 1.807) is 36.4 Å². The molecule has 0 heterocycles. The van der Waals surface area contributed by atoms with Crippen LogP contribution in [0.15, 0.2) is 108 Å². The maximum absolute atomic E-state index is 14.4. The van der Waals surface area contributed by atoms with Gasteiger partial charge in [-0.2, -0.15) is 0 Å². The molecule has 1 N–H and O–H groups in total. The molecule has 0 spiro atoms. The summed E-state index contributed by atoms with van der Waals surface area (Å²) in [7, 11) is -4.27. The first-order chi connectivity index (χ1) is 20.9. The van der Waals surface area contributed by atoms with Gasteiger partial charge in [-0.3, -0.25) is 13.9 Å². The highest BCUT2D eigenvalue weighted by Gasteiger charge is 2.34. The minimum atomic E-state index is -4.27. The fraction of sp³-hybridized carbons (Fsp3) is 0.235. The zero-order valence-electron chi connectivity index (χ0n) is 24.8. The van der Waals surface area contributed by atoms with Crippen LogP contribution in [0.2, 0.25) is 5.02 Å². The molecule has 0 aliphatic heterocycles. The Bertz CT molecular complexity index is 1660. The number of nitrogens with one attached hydrogen (secondary N) is 1. The van der Waals surface area contributed by atoms with Gasteiger partial charge in [0.2, 0.25) is 11.8 Å². The lowest BCUT2D eigenvalue weighted by Crippen LogP contribution is -2.54. The number of rotatable bonds is 12. The summed E-state index contributed by atoms with van der Waals surface area (Å²) in [6.07, 6.45) is 0.194. The molecule has 4 aromatic carbocycles. The molecule has 7 nitrogen and oxygen atoms in total. The second-order valence-corrected chi connectivity index (χ2v) is 13.1. The van der Waals surface area contributed by atoms with Gasteiger partial charge in [0.05, 0.1) is 10.6 Å². The lowest BCUT2D eigenvalue weighted by Gasteiger charge is -2.34. The van der Waals surface area contributed by atoms with Gasteiger partial charge in [-0.15, -0.1) is 0 Å². The molecule has 10 heteroatoms. The third-order valence-electron chi connectivity index (χ3n) is 6.97. The third kappa shape index (κ3) is 8.45. The van der Waals surface area contributed by atoms with Gasteiger partial charge >= 0.3 is 0 Å². The van der Waals surface area contributed by atoms with Crippen LogP contribution in [0.1, 0.15) is 30.5 Å². The number of anilines is 1. The van der Waals surface area contributed by atoms with Crippen LogP contribution in [0.3, 0.4) is 0 Å². The Morgan fingerprint density at radius 3 is 2.05 bits per heavy atom. The van der Waals surface area contributed by atoms with Gasteiger partial charge < -0.3 is 10.2 Å². The standard InChI is InChI=1S/C34H35ClFN3O4S/c1-24(2)37-34(41)32(21-26-7-5-4-6-8-26)38(22-27-11-13-28(35)14-12-27)33(40)23-39(30-17-15-29(36)16-18-30)44(42,43)31-19-9-25(3)10-20-31/h4-20,24,32H,21-23H2,1-3H3,(H,37,41)/t32-/m0/s1. The number of amides is 2. The highest BCUT2D eigenvalue weighted by Crippen LogP contribution is 2.26. The predicted octanol–water partition coefficient (Wildman–Crippen LogP) is 6.15. The average molecular weight is 636 g/mol. The zero-order chi connectivity index (χ0) is 31.9. The van der Waals surface area contributed by atoms with E-state index in [-0.39, 0.29) is 35.5 Å². The van der Waals surface area contributed by atoms with Crippen molar-refractivity contribution in [3.8, 4) is 0 Å². The van der Waals surface area contributed by atoms with E-state index in [2.05, 4.69) is 5.32 Å². The van der Waals surface area contributed by atoms with Crippen molar-refractivity contribution in [2.75, 3.05) is 10.8 Å². The number of nitrogens with zero attached hydrogens (tertiary/aromatic N) is 2. The molecule has 0 saturated carbocycles. The van der Waals surface area contributed by atoms with E-state index in [1.807, 2.05) is 51.1 Å². The monoisotopic (exact) mass is 635 g/mol. The van der Waals surface area contributed by atoms with Gasteiger partial charge in [0.25, 0.3) is 10.0 Å². The zero-order valence-corrected chi connectivity index (χ0v) is 26.4. The first kappa shape index (κ1) is 32.7. The van der Waals surface area contributed by atoms with E-state index in [9.17, 15) is 22.4 Å². The number of benzene rings is 4. The molecule has 4 aromatic rings. The lowest BCUT2D eigenvalue weighted by molar-refractivity contribution is -0.140. The molecule has 2 amide bonds. The normalized spacial score (nSPS) is 12.0. The van der Waals surface area contributed by atoms with E-state index in [0.29, 0.717) is 10.6 Å². The third-order valence-corrected chi connectivity index (χ3v) is 9.01. The van der Waals surface area contributed by atoms with Crippen molar-refractivity contribution in [3.05, 3.63) is 131 Å². The SMILES string of the molecule is Cc1ccc(S(=O)(=O)N(CC(=O)N(Cc2ccc(Cl)cc2)[C@@H](Cc2ccccc2)C(=O)NC(C)C)c2ccc(F)cc2)cc1. The largest absolute Gasteiger partial charge is 0.352 e. The van der Waals surface area contributed by atoms with Crippen molar-refractivity contribution < 1.29 is 22.4 Å². The van der Waals surface area contributed by atoms with Crippen LogP contribution in [0.25, 0.3) is 0 Å². The Morgan fingerprint density at radius 1 is 0.841 bits per heavy atom. The summed E-state index contributed by atoms with van der Waals surface area (Å²) in [6, 6.07) is 26.1. The van der Waals surface area contributed by atoms with Crippen LogP contribution >= 0.6 is 11.6 Å². The molecule has 0 aliphatic carbocycles. The average Bonchev–Trinajstić information content (AvgIpc) is 2.99. The van der Waals surface area contributed by atoms with Crippen molar-refractivity contribution in [3.63, 3.8) is 0 Å². The number of sulfonamides is 1. The van der Waals surface area contributed by atoms with E-state index in [0.717, 1.165) is 27.6 Å². The van der Waals surface area contributed by atoms with E-state index < -0.39 is 34.3 Å². The number of hydrogen-bond donors (Lipinski definition) is 1. The van der Waals surface area contributed by atoms with E-state index in [4.69, 9.17) is 11.6 Å². The van der Waals surface area contributed by atoms with Gasteiger partial charge in [-0.1, -0.05) is 71.8 Å². The quantitative estimate of drug-likeness (QED) is 0.202. The Labute approximate surface area is 263 Å². The van der Waals surface area contributed by atoms with Crippen molar-refractivity contribution in [2.45, 2.75) is 50.7 Å². The Balaban J connectivity index is 1.79. The number of hydrogen-bond acceptors (Lipinski definition) is 4. The predicted molar refractivity (Wildman–Crippen MR) is 171 cm³/mol. The molecule has 0 bridgehead atoms. The van der Waals surface area contributed by atoms with Crippen LogP contribution in [0.5, 0.6) is 0 Å². The summed E-state index contributed by atoms with van der Waals surface area (Å²) >= 11 is 6.11. The first-order valence-corrected chi connectivity index (χ1v) is 16.0. The Morgan fingerprint density at radius 2 is 1.45 bits per heavy atom. The van der Waals surface area contributed by atoms with Crippen LogP contribution < -0.4 is 9.62 Å². The minimum Gasteiger partial charge on any atom is -0.352 e. The number of carbonyl (C=O) groups is 2. The molecule has 0 aromatic heterocycles. The fourth-order valence-corrected chi connectivity index (χ4v) is 6.23. The maximum atomic E-state index is 14.4. The molecule has 0 radical (unpaired) electrons. The maximum Gasteiger partial charge on any atom is 0.264 e. The van der Waals surface area contributed by atoms with E-state index in [1.165, 1.54) is 29.2 Å². The van der Waals surface area contributed by atoms with Crippen LogP contribution in [-0.4, -0.2) is 43.8 Å². The van der Waals surface area contributed by atoms with Crippen molar-refractivity contribution in [2.24, 2.45) is 0 Å². The molecule has 4 rings (SSSR count). The van der Waals surface area contributed by atoms with Gasteiger partial charge in [-0.05, 0) is 80.4 Å². The van der Waals surface area contributed by atoms with Crippen LogP contribution in [-0.2, 0) is 32.6 Å².